The fourth-order valence-electron chi connectivity index (χ4n) is 2.54. The Balaban J connectivity index is 1.53. The molecule has 0 aliphatic carbocycles. The van der Waals surface area contributed by atoms with E-state index in [2.05, 4.69) is 5.32 Å². The van der Waals surface area contributed by atoms with E-state index in [1.165, 1.54) is 12.1 Å². The molecule has 0 unspecified atom stereocenters. The van der Waals surface area contributed by atoms with Crippen LogP contribution in [0.15, 0.2) is 63.9 Å². The molecule has 1 aromatic heterocycles. The van der Waals surface area contributed by atoms with Crippen LogP contribution in [0.25, 0.3) is 11.3 Å². The van der Waals surface area contributed by atoms with E-state index >= 15 is 0 Å². The molecule has 0 bridgehead atoms. The average Bonchev–Trinajstić information content (AvgIpc) is 3.19. The van der Waals surface area contributed by atoms with Crippen molar-refractivity contribution in [1.29, 1.82) is 0 Å². The minimum atomic E-state index is -4.12. The molecular weight excluding hydrogens is 467 g/mol. The van der Waals surface area contributed by atoms with Crippen LogP contribution >= 0.6 is 23.2 Å². The van der Waals surface area contributed by atoms with Crippen molar-refractivity contribution in [1.82, 2.24) is 5.32 Å². The summed E-state index contributed by atoms with van der Waals surface area (Å²) in [5.41, 5.74) is 0.720. The maximum atomic E-state index is 12.1. The van der Waals surface area contributed by atoms with E-state index in [4.69, 9.17) is 37.5 Å². The number of sulfonamides is 1. The van der Waals surface area contributed by atoms with Gasteiger partial charge in [0.15, 0.2) is 6.61 Å². The van der Waals surface area contributed by atoms with E-state index in [0.717, 1.165) is 11.6 Å². The number of carbonyl (C=O) groups excluding carboxylic acids is 2. The Hall–Kier alpha value is -2.85. The summed E-state index contributed by atoms with van der Waals surface area (Å²) in [6.45, 7) is -0.489. The summed E-state index contributed by atoms with van der Waals surface area (Å²) in [7, 11) is -4.12. The van der Waals surface area contributed by atoms with Crippen molar-refractivity contribution < 1.29 is 27.2 Å². The Morgan fingerprint density at radius 3 is 2.42 bits per heavy atom. The third-order valence-electron chi connectivity index (χ3n) is 4.06. The normalized spacial score (nSPS) is 11.2. The number of nitrogens with two attached hydrogens (primary N) is 1. The molecule has 8 nitrogen and oxygen atoms in total. The van der Waals surface area contributed by atoms with Gasteiger partial charge >= 0.3 is 5.97 Å². The van der Waals surface area contributed by atoms with Crippen molar-refractivity contribution in [2.45, 2.75) is 11.4 Å². The fourth-order valence-corrected chi connectivity index (χ4v) is 3.74. The molecule has 3 aromatic rings. The maximum absolute atomic E-state index is 12.1. The molecule has 0 fully saturated rings. The van der Waals surface area contributed by atoms with Gasteiger partial charge < -0.3 is 14.5 Å². The minimum absolute atomic E-state index is 0.0838. The first-order valence-corrected chi connectivity index (χ1v) is 11.0. The summed E-state index contributed by atoms with van der Waals surface area (Å²) in [5.74, 6) is -0.362. The molecule has 0 saturated heterocycles. The van der Waals surface area contributed by atoms with Gasteiger partial charge in [0, 0.05) is 10.6 Å². The Morgan fingerprint density at radius 2 is 1.74 bits per heavy atom. The molecule has 0 aliphatic heterocycles. The fraction of sp³-hybridized carbons (Fsp3) is 0.100. The Kier molecular flexibility index (Phi) is 7.01. The van der Waals surface area contributed by atoms with Crippen LogP contribution in [-0.4, -0.2) is 26.9 Å². The first-order chi connectivity index (χ1) is 14.6. The van der Waals surface area contributed by atoms with Crippen LogP contribution in [0.4, 0.5) is 0 Å². The van der Waals surface area contributed by atoms with Gasteiger partial charge in [-0.15, -0.1) is 0 Å². The van der Waals surface area contributed by atoms with Crippen LogP contribution in [-0.2, 0) is 26.1 Å². The highest BCUT2D eigenvalue weighted by molar-refractivity contribution is 7.89. The first kappa shape index (κ1) is 22.8. The van der Waals surface area contributed by atoms with Crippen LogP contribution in [0.1, 0.15) is 16.1 Å². The lowest BCUT2D eigenvalue weighted by molar-refractivity contribution is -0.124. The second kappa shape index (κ2) is 9.52. The standard InChI is InChI=1S/C20H16Cl2N2O6S/c21-14-4-1-12(2-5-14)17-8-6-15(30-17)10-24-19(25)11-29-20(26)13-3-7-16(22)18(9-13)31(23,27)28/h1-9H,10-11H2,(H,24,25)(H2,23,27,28). The number of ether oxygens (including phenoxy) is 1. The molecule has 0 aliphatic rings. The SMILES string of the molecule is NS(=O)(=O)c1cc(C(=O)OCC(=O)NCc2ccc(-c3ccc(Cl)cc3)o2)ccc1Cl. The molecule has 0 spiro atoms. The predicted octanol–water partition coefficient (Wildman–Crippen LogP) is 3.37. The third-order valence-corrected chi connectivity index (χ3v) is 5.70. The molecule has 0 atom stereocenters. The van der Waals surface area contributed by atoms with Gasteiger partial charge in [-0.3, -0.25) is 4.79 Å². The van der Waals surface area contributed by atoms with Gasteiger partial charge in [-0.05, 0) is 54.6 Å². The summed E-state index contributed by atoms with van der Waals surface area (Å²) in [6, 6.07) is 14.0. The number of benzene rings is 2. The van der Waals surface area contributed by atoms with E-state index in [0.29, 0.717) is 16.5 Å². The van der Waals surface area contributed by atoms with Gasteiger partial charge in [0.05, 0.1) is 17.1 Å². The molecule has 0 radical (unpaired) electrons. The second-order valence-corrected chi connectivity index (χ2v) is 8.69. The zero-order valence-electron chi connectivity index (χ0n) is 15.8. The van der Waals surface area contributed by atoms with Gasteiger partial charge in [0.25, 0.3) is 5.91 Å². The Labute approximate surface area is 187 Å². The van der Waals surface area contributed by atoms with Gasteiger partial charge in [0.1, 0.15) is 16.4 Å². The Morgan fingerprint density at radius 1 is 1.03 bits per heavy atom. The number of primary sulfonamides is 1. The number of hydrogen-bond acceptors (Lipinski definition) is 6. The zero-order valence-corrected chi connectivity index (χ0v) is 18.1. The number of halogens is 2. The number of nitrogens with one attached hydrogen (secondary N) is 1. The quantitative estimate of drug-likeness (QED) is 0.496. The average molecular weight is 483 g/mol. The maximum Gasteiger partial charge on any atom is 0.338 e. The van der Waals surface area contributed by atoms with Crippen molar-refractivity contribution in [3.8, 4) is 11.3 Å². The molecule has 11 heteroatoms. The van der Waals surface area contributed by atoms with E-state index in [1.54, 1.807) is 36.4 Å². The van der Waals surface area contributed by atoms with Crippen LogP contribution in [0.3, 0.4) is 0 Å². The molecular formula is C20H16Cl2N2O6S. The smallest absolute Gasteiger partial charge is 0.338 e. The van der Waals surface area contributed by atoms with Gasteiger partial charge in [-0.2, -0.15) is 0 Å². The van der Waals surface area contributed by atoms with Crippen LogP contribution in [0.5, 0.6) is 0 Å². The monoisotopic (exact) mass is 482 g/mol. The molecule has 3 rings (SSSR count). The summed E-state index contributed by atoms with van der Waals surface area (Å²) < 4.78 is 33.5. The molecule has 2 aromatic carbocycles. The van der Waals surface area contributed by atoms with Crippen molar-refractivity contribution in [3.05, 3.63) is 76.0 Å². The van der Waals surface area contributed by atoms with Crippen molar-refractivity contribution in [3.63, 3.8) is 0 Å². The lowest BCUT2D eigenvalue weighted by atomic mass is 10.2. The molecule has 1 amide bonds. The highest BCUT2D eigenvalue weighted by atomic mass is 35.5. The number of amides is 1. The van der Waals surface area contributed by atoms with Gasteiger partial charge in [-0.25, -0.2) is 18.4 Å². The lowest BCUT2D eigenvalue weighted by Crippen LogP contribution is -2.28. The summed E-state index contributed by atoms with van der Waals surface area (Å²) >= 11 is 11.6. The van der Waals surface area contributed by atoms with E-state index < -0.39 is 33.4 Å². The van der Waals surface area contributed by atoms with Gasteiger partial charge in [0.2, 0.25) is 10.0 Å². The van der Waals surface area contributed by atoms with Crippen molar-refractivity contribution >= 4 is 45.1 Å². The van der Waals surface area contributed by atoms with Crippen LogP contribution in [0.2, 0.25) is 10.0 Å². The van der Waals surface area contributed by atoms with Crippen LogP contribution < -0.4 is 10.5 Å². The second-order valence-electron chi connectivity index (χ2n) is 6.32. The topological polar surface area (TPSA) is 129 Å². The number of rotatable bonds is 7. The molecule has 0 saturated carbocycles. The van der Waals surface area contributed by atoms with E-state index in [9.17, 15) is 18.0 Å². The molecule has 162 valence electrons. The Bertz CT molecular complexity index is 1220. The minimum Gasteiger partial charge on any atom is -0.459 e. The third kappa shape index (κ3) is 6.08. The highest BCUT2D eigenvalue weighted by Crippen LogP contribution is 2.24. The summed E-state index contributed by atoms with van der Waals surface area (Å²) in [4.78, 5) is 23.6. The largest absolute Gasteiger partial charge is 0.459 e. The summed E-state index contributed by atoms with van der Waals surface area (Å²) in [5, 5.41) is 8.08. The first-order valence-electron chi connectivity index (χ1n) is 8.74. The molecule has 3 N–H and O–H groups in total. The van der Waals surface area contributed by atoms with E-state index in [-0.39, 0.29) is 17.1 Å². The van der Waals surface area contributed by atoms with Crippen molar-refractivity contribution in [2.75, 3.05) is 6.61 Å². The number of furan rings is 1. The zero-order chi connectivity index (χ0) is 22.6. The molecule has 31 heavy (non-hydrogen) atoms. The summed E-state index contributed by atoms with van der Waals surface area (Å²) in [6.07, 6.45) is 0. The number of hydrogen-bond donors (Lipinski definition) is 2. The lowest BCUT2D eigenvalue weighted by Gasteiger charge is -2.07. The predicted molar refractivity (Wildman–Crippen MR) is 114 cm³/mol. The van der Waals surface area contributed by atoms with Crippen LogP contribution in [0, 0.1) is 0 Å². The molecule has 1 heterocycles. The van der Waals surface area contributed by atoms with E-state index in [1.807, 2.05) is 0 Å². The number of esters is 1. The number of carbonyl (C=O) groups is 2. The van der Waals surface area contributed by atoms with Crippen molar-refractivity contribution in [2.24, 2.45) is 5.14 Å². The van der Waals surface area contributed by atoms with Gasteiger partial charge in [-0.1, -0.05) is 23.2 Å². The highest BCUT2D eigenvalue weighted by Gasteiger charge is 2.18.